The molecule has 4 nitrogen and oxygen atoms in total. The van der Waals surface area contributed by atoms with E-state index in [-0.39, 0.29) is 12.2 Å². The third-order valence-corrected chi connectivity index (χ3v) is 3.72. The SMILES string of the molecule is CCC(C)c1ccc(C(=O)CCS(=O)(=O)O)cc1. The van der Waals surface area contributed by atoms with E-state index in [1.807, 2.05) is 12.1 Å². The number of rotatable bonds is 6. The molecular formula is C13H18O4S. The van der Waals surface area contributed by atoms with E-state index >= 15 is 0 Å². The van der Waals surface area contributed by atoms with E-state index < -0.39 is 15.9 Å². The molecule has 5 heteroatoms. The number of Topliss-reactive ketones (excluding diaryl/α,β-unsaturated/α-hetero) is 1. The minimum atomic E-state index is -4.07. The molecule has 1 N–H and O–H groups in total. The standard InChI is InChI=1S/C13H18O4S/c1-3-10(2)11-4-6-12(7-5-11)13(14)8-9-18(15,16)17/h4-7,10H,3,8-9H2,1-2H3,(H,15,16,17). The highest BCUT2D eigenvalue weighted by atomic mass is 32.2. The van der Waals surface area contributed by atoms with Gasteiger partial charge in [-0.3, -0.25) is 9.35 Å². The summed E-state index contributed by atoms with van der Waals surface area (Å²) in [5, 5.41) is 0. The van der Waals surface area contributed by atoms with Crippen LogP contribution in [0.3, 0.4) is 0 Å². The minimum absolute atomic E-state index is 0.193. The Bertz CT molecular complexity index is 502. The molecule has 1 atom stereocenters. The highest BCUT2D eigenvalue weighted by Crippen LogP contribution is 2.19. The zero-order valence-corrected chi connectivity index (χ0v) is 11.4. The number of carbonyl (C=O) groups excluding carboxylic acids is 1. The molecule has 0 aromatic heterocycles. The molecule has 1 aromatic rings. The van der Waals surface area contributed by atoms with E-state index in [0.29, 0.717) is 11.5 Å². The zero-order valence-electron chi connectivity index (χ0n) is 10.6. The van der Waals surface area contributed by atoms with Gasteiger partial charge in [-0.25, -0.2) is 0 Å². The fourth-order valence-electron chi connectivity index (χ4n) is 1.60. The first-order valence-corrected chi connectivity index (χ1v) is 7.52. The molecule has 0 amide bonds. The number of ketones is 1. The van der Waals surface area contributed by atoms with Crippen molar-refractivity contribution in [2.45, 2.75) is 32.6 Å². The summed E-state index contributed by atoms with van der Waals surface area (Å²) in [6.07, 6.45) is 0.831. The van der Waals surface area contributed by atoms with Crippen LogP contribution in [0.25, 0.3) is 0 Å². The van der Waals surface area contributed by atoms with E-state index in [0.717, 1.165) is 12.0 Å². The third kappa shape index (κ3) is 4.58. The molecule has 1 unspecified atom stereocenters. The van der Waals surface area contributed by atoms with E-state index in [4.69, 9.17) is 4.55 Å². The topological polar surface area (TPSA) is 71.4 Å². The van der Waals surface area contributed by atoms with Crippen molar-refractivity contribution >= 4 is 15.9 Å². The second-order valence-corrected chi connectivity index (χ2v) is 5.96. The van der Waals surface area contributed by atoms with Gasteiger partial charge in [0.15, 0.2) is 5.78 Å². The summed E-state index contributed by atoms with van der Waals surface area (Å²) in [7, 11) is -4.07. The Morgan fingerprint density at radius 3 is 2.28 bits per heavy atom. The highest BCUT2D eigenvalue weighted by molar-refractivity contribution is 7.85. The molecule has 0 aliphatic rings. The molecule has 0 bridgehead atoms. The van der Waals surface area contributed by atoms with Crippen molar-refractivity contribution in [3.63, 3.8) is 0 Å². The van der Waals surface area contributed by atoms with E-state index in [9.17, 15) is 13.2 Å². The summed E-state index contributed by atoms with van der Waals surface area (Å²) < 4.78 is 29.7. The smallest absolute Gasteiger partial charge is 0.265 e. The Balaban J connectivity index is 2.70. The van der Waals surface area contributed by atoms with Gasteiger partial charge in [0, 0.05) is 12.0 Å². The van der Waals surface area contributed by atoms with Gasteiger partial charge < -0.3 is 0 Å². The molecule has 0 radical (unpaired) electrons. The molecule has 0 spiro atoms. The Hall–Kier alpha value is -1.20. The van der Waals surface area contributed by atoms with E-state index in [2.05, 4.69) is 13.8 Å². The van der Waals surface area contributed by atoms with Crippen LogP contribution >= 0.6 is 0 Å². The lowest BCUT2D eigenvalue weighted by atomic mass is 9.96. The monoisotopic (exact) mass is 270 g/mol. The number of hydrogen-bond donors (Lipinski definition) is 1. The van der Waals surface area contributed by atoms with Crippen LogP contribution in [0.4, 0.5) is 0 Å². The van der Waals surface area contributed by atoms with Crippen molar-refractivity contribution in [2.75, 3.05) is 5.75 Å². The maximum Gasteiger partial charge on any atom is 0.265 e. The third-order valence-electron chi connectivity index (χ3n) is 3.00. The normalized spacial score (nSPS) is 13.3. The fraction of sp³-hybridized carbons (Fsp3) is 0.462. The average Bonchev–Trinajstić information content (AvgIpc) is 2.34. The van der Waals surface area contributed by atoms with Gasteiger partial charge in [-0.15, -0.1) is 0 Å². The Kier molecular flexibility index (Phi) is 5.04. The number of hydrogen-bond acceptors (Lipinski definition) is 3. The Labute approximate surface area is 108 Å². The lowest BCUT2D eigenvalue weighted by molar-refractivity contribution is 0.0988. The van der Waals surface area contributed by atoms with Crippen molar-refractivity contribution in [3.8, 4) is 0 Å². The van der Waals surface area contributed by atoms with Gasteiger partial charge in [-0.1, -0.05) is 38.1 Å². The molecule has 0 saturated heterocycles. The number of carbonyl (C=O) groups is 1. The maximum absolute atomic E-state index is 11.7. The van der Waals surface area contributed by atoms with Crippen molar-refractivity contribution in [3.05, 3.63) is 35.4 Å². The summed E-state index contributed by atoms with van der Waals surface area (Å²) in [6, 6.07) is 7.17. The Morgan fingerprint density at radius 1 is 1.28 bits per heavy atom. The van der Waals surface area contributed by atoms with Crippen LogP contribution in [0.2, 0.25) is 0 Å². The first-order chi connectivity index (χ1) is 8.33. The highest BCUT2D eigenvalue weighted by Gasteiger charge is 2.12. The fourth-order valence-corrected chi connectivity index (χ4v) is 2.04. The molecule has 0 saturated carbocycles. The quantitative estimate of drug-likeness (QED) is 0.637. The molecule has 18 heavy (non-hydrogen) atoms. The summed E-state index contributed by atoms with van der Waals surface area (Å²) >= 11 is 0. The molecule has 0 aliphatic heterocycles. The van der Waals surface area contributed by atoms with Gasteiger partial charge in [-0.2, -0.15) is 8.42 Å². The van der Waals surface area contributed by atoms with Gasteiger partial charge in [0.2, 0.25) is 0 Å². The first-order valence-electron chi connectivity index (χ1n) is 5.92. The zero-order chi connectivity index (χ0) is 13.8. The van der Waals surface area contributed by atoms with Gasteiger partial charge in [0.1, 0.15) is 0 Å². The van der Waals surface area contributed by atoms with Crippen molar-refractivity contribution < 1.29 is 17.8 Å². The molecule has 100 valence electrons. The van der Waals surface area contributed by atoms with Gasteiger partial charge in [0.05, 0.1) is 5.75 Å². The summed E-state index contributed by atoms with van der Waals surface area (Å²) in [5.74, 6) is -0.367. The van der Waals surface area contributed by atoms with Crippen LogP contribution in [0.15, 0.2) is 24.3 Å². The number of benzene rings is 1. The lowest BCUT2D eigenvalue weighted by Crippen LogP contribution is -2.10. The van der Waals surface area contributed by atoms with Crippen LogP contribution in [-0.2, 0) is 10.1 Å². The van der Waals surface area contributed by atoms with Crippen LogP contribution in [-0.4, -0.2) is 24.5 Å². The van der Waals surface area contributed by atoms with Crippen molar-refractivity contribution in [1.82, 2.24) is 0 Å². The van der Waals surface area contributed by atoms with Crippen LogP contribution in [0.5, 0.6) is 0 Å². The summed E-state index contributed by atoms with van der Waals surface area (Å²) in [5.41, 5.74) is 1.63. The van der Waals surface area contributed by atoms with Crippen LogP contribution in [0, 0.1) is 0 Å². The molecule has 0 aliphatic carbocycles. The van der Waals surface area contributed by atoms with E-state index in [1.165, 1.54) is 0 Å². The molecule has 1 rings (SSSR count). The van der Waals surface area contributed by atoms with Crippen molar-refractivity contribution in [1.29, 1.82) is 0 Å². The predicted octanol–water partition coefficient (Wildman–Crippen LogP) is 2.66. The lowest BCUT2D eigenvalue weighted by Gasteiger charge is -2.09. The summed E-state index contributed by atoms with van der Waals surface area (Å²) in [4.78, 5) is 11.7. The van der Waals surface area contributed by atoms with Crippen LogP contribution < -0.4 is 0 Å². The largest absolute Gasteiger partial charge is 0.294 e. The Morgan fingerprint density at radius 2 is 1.83 bits per heavy atom. The van der Waals surface area contributed by atoms with Gasteiger partial charge >= 0.3 is 0 Å². The second kappa shape index (κ2) is 6.11. The van der Waals surface area contributed by atoms with Crippen molar-refractivity contribution in [2.24, 2.45) is 0 Å². The molecule has 1 aromatic carbocycles. The van der Waals surface area contributed by atoms with Crippen LogP contribution in [0.1, 0.15) is 48.5 Å². The molecule has 0 fully saturated rings. The minimum Gasteiger partial charge on any atom is -0.294 e. The summed E-state index contributed by atoms with van der Waals surface area (Å²) in [6.45, 7) is 4.20. The van der Waals surface area contributed by atoms with E-state index in [1.54, 1.807) is 12.1 Å². The van der Waals surface area contributed by atoms with Gasteiger partial charge in [0.25, 0.3) is 10.1 Å². The molecular weight excluding hydrogens is 252 g/mol. The maximum atomic E-state index is 11.7. The predicted molar refractivity (Wildman–Crippen MR) is 70.5 cm³/mol. The average molecular weight is 270 g/mol. The first kappa shape index (κ1) is 14.9. The van der Waals surface area contributed by atoms with Gasteiger partial charge in [-0.05, 0) is 17.9 Å². The second-order valence-electron chi connectivity index (χ2n) is 4.39. The molecule has 0 heterocycles.